The number of piperidine rings is 4. The van der Waals surface area contributed by atoms with Crippen LogP contribution in [0.3, 0.4) is 0 Å². The number of carboxylic acid groups (broad SMARTS) is 8. The van der Waals surface area contributed by atoms with Gasteiger partial charge in [-0.1, -0.05) is 13.3 Å². The summed E-state index contributed by atoms with van der Waals surface area (Å²) in [6.07, 6.45) is 4.44. The second kappa shape index (κ2) is 21.3. The molecule has 1 unspecified atom stereocenters. The van der Waals surface area contributed by atoms with Crippen LogP contribution in [0.4, 0.5) is 19.2 Å². The van der Waals surface area contributed by atoms with Gasteiger partial charge < -0.3 is 40.9 Å². The Morgan fingerprint density at radius 2 is 0.531 bits per heavy atom. The van der Waals surface area contributed by atoms with Gasteiger partial charge in [-0.2, -0.15) is 0 Å². The smallest absolute Gasteiger partial charge is 0.450 e. The molecule has 0 aromatic heterocycles. The number of nitrogens with zero attached hydrogens (tertiary/aromatic N) is 4. The zero-order valence-corrected chi connectivity index (χ0v) is 43.8. The molecule has 1 atom stereocenters. The molecule has 4 rings (SSSR count). The van der Waals surface area contributed by atoms with Crippen molar-refractivity contribution in [2.45, 2.75) is 220 Å². The van der Waals surface area contributed by atoms with E-state index in [1.807, 2.05) is 0 Å². The minimum Gasteiger partial charge on any atom is -0.450 e. The number of rotatable bonds is 6. The predicted molar refractivity (Wildman–Crippen MR) is 253 cm³/mol. The molecule has 8 N–H and O–H groups in total. The fourth-order valence-corrected chi connectivity index (χ4v) is 13.9. The Kier molecular flexibility index (Phi) is 20.2. The number of carbonyl (C=O) groups is 4. The number of hydrogen-bond acceptors (Lipinski definition) is 8. The van der Waals surface area contributed by atoms with Gasteiger partial charge in [0.2, 0.25) is 0 Å². The van der Waals surface area contributed by atoms with Crippen molar-refractivity contribution in [3.05, 3.63) is 0 Å². The summed E-state index contributed by atoms with van der Waals surface area (Å²) in [5.41, 5.74) is 1.59. The van der Waals surface area contributed by atoms with Crippen molar-refractivity contribution in [3.63, 3.8) is 0 Å². The van der Waals surface area contributed by atoms with Gasteiger partial charge in [0.1, 0.15) is 0 Å². The largest absolute Gasteiger partial charge is 0.503 e. The molecule has 64 heavy (non-hydrogen) atoms. The lowest BCUT2D eigenvalue weighted by Crippen LogP contribution is -2.70. The molecule has 16 nitrogen and oxygen atoms in total. The summed E-state index contributed by atoms with van der Waals surface area (Å²) < 4.78 is 0. The van der Waals surface area contributed by atoms with Crippen molar-refractivity contribution in [1.82, 2.24) is 19.6 Å². The number of likely N-dealkylation sites (tertiary alicyclic amines) is 4. The minimum absolute atomic E-state index is 0.161. The lowest BCUT2D eigenvalue weighted by molar-refractivity contribution is -0.209. The van der Waals surface area contributed by atoms with Crippen LogP contribution in [0.25, 0.3) is 0 Å². The molecular weight excluding hydrogens is 825 g/mol. The van der Waals surface area contributed by atoms with Crippen molar-refractivity contribution in [2.75, 3.05) is 28.2 Å². The highest BCUT2D eigenvalue weighted by molar-refractivity contribution is 5.54. The van der Waals surface area contributed by atoms with Gasteiger partial charge in [0.15, 0.2) is 0 Å². The summed E-state index contributed by atoms with van der Waals surface area (Å²) in [5, 5.41) is 55.8. The lowest BCUT2D eigenvalue weighted by Gasteiger charge is -2.70. The highest BCUT2D eigenvalue weighted by Gasteiger charge is 2.66. The van der Waals surface area contributed by atoms with E-state index in [4.69, 9.17) is 60.0 Å². The van der Waals surface area contributed by atoms with Gasteiger partial charge >= 0.3 is 24.6 Å². The zero-order valence-electron chi connectivity index (χ0n) is 43.8. The highest BCUT2D eigenvalue weighted by atomic mass is 16.6. The SMILES string of the molecule is CCC(C1CC(C)(C)N(C)C(C)(C)C1)C(C1CC(C)(C)N(C)C(C)(C)C1)(C1CC(C)(C)N(C)C(C)(C)C1)C1CC(C)(C)N(C)C(C)(C)C1.O=C(O)O.O=C(O)O.O=C(O)O.O=C(O)O. The van der Waals surface area contributed by atoms with Crippen LogP contribution in [0.1, 0.15) is 175 Å². The quantitative estimate of drug-likeness (QED) is 0.123. The first kappa shape index (κ1) is 60.9. The summed E-state index contributed by atoms with van der Waals surface area (Å²) in [5.74, 6) is 3.49. The van der Waals surface area contributed by atoms with Crippen LogP contribution < -0.4 is 0 Å². The third kappa shape index (κ3) is 15.0. The van der Waals surface area contributed by atoms with Gasteiger partial charge in [-0.25, -0.2) is 19.2 Å². The Morgan fingerprint density at radius 3 is 0.672 bits per heavy atom. The molecule has 0 bridgehead atoms. The first-order valence-electron chi connectivity index (χ1n) is 22.9. The first-order valence-corrected chi connectivity index (χ1v) is 22.9. The molecule has 4 fully saturated rings. The van der Waals surface area contributed by atoms with Gasteiger partial charge in [-0.05, 0) is 225 Å². The molecule has 0 aromatic carbocycles. The van der Waals surface area contributed by atoms with Gasteiger partial charge in [0, 0.05) is 44.3 Å². The Balaban J connectivity index is 0.00000213. The fraction of sp³-hybridized carbons (Fsp3) is 0.917. The van der Waals surface area contributed by atoms with Crippen molar-refractivity contribution < 1.29 is 60.0 Å². The van der Waals surface area contributed by atoms with E-state index in [1.54, 1.807) is 0 Å². The molecule has 4 aliphatic heterocycles. The highest BCUT2D eigenvalue weighted by Crippen LogP contribution is 2.68. The third-order valence-corrected chi connectivity index (χ3v) is 17.0. The molecule has 0 amide bonds. The Hall–Kier alpha value is -3.08. The Labute approximate surface area is 386 Å². The van der Waals surface area contributed by atoms with Crippen molar-refractivity contribution in [2.24, 2.45) is 35.0 Å². The average Bonchev–Trinajstić information content (AvgIpc) is 3.04. The van der Waals surface area contributed by atoms with E-state index in [0.717, 1.165) is 5.92 Å². The summed E-state index contributed by atoms with van der Waals surface area (Å²) in [6, 6.07) is 0. The van der Waals surface area contributed by atoms with E-state index >= 15 is 0 Å². The normalized spacial score (nSPS) is 26.0. The van der Waals surface area contributed by atoms with E-state index in [1.165, 1.54) is 57.8 Å². The van der Waals surface area contributed by atoms with Crippen LogP contribution >= 0.6 is 0 Å². The summed E-state index contributed by atoms with van der Waals surface area (Å²) in [7, 11) is 9.71. The molecule has 16 heteroatoms. The van der Waals surface area contributed by atoms with Crippen LogP contribution in [0, 0.1) is 35.0 Å². The monoisotopic (exact) mass is 919 g/mol. The van der Waals surface area contributed by atoms with Crippen molar-refractivity contribution in [3.8, 4) is 0 Å². The summed E-state index contributed by atoms with van der Waals surface area (Å²) in [4.78, 5) is 45.2. The van der Waals surface area contributed by atoms with Gasteiger partial charge in [0.25, 0.3) is 0 Å². The standard InChI is InChI=1S/C44H86N4.4CH2O3/c1-22-35(31-23-36(2,3)45(18)37(4,5)24-31)44(32-25-38(6,7)46(19)39(8,9)26-32,33-27-40(10,11)47(20)41(12,13)28-33)34-29-42(14,15)48(21)43(16,17)30-34;4*2-1(3)4/h31-35H,22-30H2,1-21H3;4*(H2,2,3,4). The van der Waals surface area contributed by atoms with E-state index in [2.05, 4.69) is 165 Å². The average molecular weight is 919 g/mol. The Bertz CT molecular complexity index is 1330. The number of hydrogen-bond donors (Lipinski definition) is 8. The van der Waals surface area contributed by atoms with Crippen molar-refractivity contribution in [1.29, 1.82) is 0 Å². The summed E-state index contributed by atoms with van der Waals surface area (Å²) >= 11 is 0. The minimum atomic E-state index is -1.83. The third-order valence-electron chi connectivity index (χ3n) is 17.0. The molecule has 4 saturated heterocycles. The molecule has 0 spiro atoms. The van der Waals surface area contributed by atoms with Gasteiger partial charge in [-0.15, -0.1) is 0 Å². The van der Waals surface area contributed by atoms with Gasteiger partial charge in [-0.3, -0.25) is 19.6 Å². The molecule has 4 aliphatic rings. The van der Waals surface area contributed by atoms with Crippen LogP contribution in [0.5, 0.6) is 0 Å². The maximum Gasteiger partial charge on any atom is 0.503 e. The molecule has 0 aromatic rings. The van der Waals surface area contributed by atoms with Gasteiger partial charge in [0.05, 0.1) is 0 Å². The second-order valence-electron chi connectivity index (χ2n) is 24.4. The molecule has 0 saturated carbocycles. The molecule has 0 radical (unpaired) electrons. The zero-order chi connectivity index (χ0) is 51.4. The van der Waals surface area contributed by atoms with Crippen molar-refractivity contribution >= 4 is 24.6 Å². The van der Waals surface area contributed by atoms with Crippen LogP contribution in [-0.4, -0.2) is 158 Å². The van der Waals surface area contributed by atoms with Crippen LogP contribution in [-0.2, 0) is 0 Å². The second-order valence-corrected chi connectivity index (χ2v) is 24.4. The van der Waals surface area contributed by atoms with E-state index in [0.29, 0.717) is 23.7 Å². The van der Waals surface area contributed by atoms with Crippen LogP contribution in [0.2, 0.25) is 0 Å². The first-order chi connectivity index (χ1) is 28.2. The predicted octanol–water partition coefficient (Wildman–Crippen LogP) is 11.5. The Morgan fingerprint density at radius 1 is 0.391 bits per heavy atom. The molecule has 4 heterocycles. The van der Waals surface area contributed by atoms with E-state index in [9.17, 15) is 0 Å². The fourth-order valence-electron chi connectivity index (χ4n) is 13.9. The molecular formula is C48H94N4O12. The lowest BCUT2D eigenvalue weighted by atomic mass is 9.40. The summed E-state index contributed by atoms with van der Waals surface area (Å²) in [6.45, 7) is 43.8. The van der Waals surface area contributed by atoms with E-state index in [-0.39, 0.29) is 49.7 Å². The van der Waals surface area contributed by atoms with Crippen LogP contribution in [0.15, 0.2) is 0 Å². The maximum absolute atomic E-state index is 8.56. The molecule has 378 valence electrons. The topological polar surface area (TPSA) is 243 Å². The van der Waals surface area contributed by atoms with E-state index < -0.39 is 24.6 Å². The maximum atomic E-state index is 8.56. The molecule has 0 aliphatic carbocycles.